The first-order valence-electron chi connectivity index (χ1n) is 8.12. The fourth-order valence-electron chi connectivity index (χ4n) is 3.33. The van der Waals surface area contributed by atoms with Gasteiger partial charge in [-0.3, -0.25) is 9.69 Å². The minimum Gasteiger partial charge on any atom is -0.384 e. The third-order valence-corrected chi connectivity index (χ3v) is 4.60. The first-order valence-corrected chi connectivity index (χ1v) is 8.12. The molecule has 2 atom stereocenters. The number of benzene rings is 1. The second kappa shape index (κ2) is 8.30. The summed E-state index contributed by atoms with van der Waals surface area (Å²) in [5, 5.41) is 0. The molecule has 0 radical (unpaired) electrons. The van der Waals surface area contributed by atoms with Gasteiger partial charge in [-0.25, -0.2) is 0 Å². The van der Waals surface area contributed by atoms with Crippen LogP contribution in [0.25, 0.3) is 0 Å². The van der Waals surface area contributed by atoms with Gasteiger partial charge in [-0.1, -0.05) is 37.3 Å². The second-order valence-electron chi connectivity index (χ2n) is 6.30. The highest BCUT2D eigenvalue weighted by Crippen LogP contribution is 2.23. The highest BCUT2D eigenvalue weighted by Gasteiger charge is 2.30. The molecule has 1 fully saturated rings. The van der Waals surface area contributed by atoms with Gasteiger partial charge in [-0.15, -0.1) is 0 Å². The summed E-state index contributed by atoms with van der Waals surface area (Å²) in [6.07, 6.45) is 1.52. The van der Waals surface area contributed by atoms with Crippen LogP contribution in [0, 0.1) is 5.92 Å². The van der Waals surface area contributed by atoms with E-state index in [0.29, 0.717) is 25.0 Å². The molecule has 0 N–H and O–H groups in total. The highest BCUT2D eigenvalue weighted by molar-refractivity contribution is 5.76. The Morgan fingerprint density at radius 2 is 2.09 bits per heavy atom. The Labute approximate surface area is 134 Å². The Balaban J connectivity index is 1.85. The maximum Gasteiger partial charge on any atom is 0.224 e. The standard InChI is InChI=1S/C18H28N2O2/c1-15-13-20(14-16-7-5-4-6-8-16)11-9-17(15)19(2)18(21)10-12-22-3/h4-8,15,17H,9-14H2,1-3H3/t15-,17+/m1/s1. The molecular formula is C18H28N2O2. The number of hydrogen-bond acceptors (Lipinski definition) is 3. The van der Waals surface area contributed by atoms with E-state index in [9.17, 15) is 4.79 Å². The molecule has 122 valence electrons. The first-order chi connectivity index (χ1) is 10.6. The van der Waals surface area contributed by atoms with Crippen LogP contribution in [0.1, 0.15) is 25.3 Å². The number of piperidine rings is 1. The van der Waals surface area contributed by atoms with Crippen LogP contribution in [-0.4, -0.2) is 55.6 Å². The molecule has 1 heterocycles. The van der Waals surface area contributed by atoms with Crippen molar-refractivity contribution < 1.29 is 9.53 Å². The largest absolute Gasteiger partial charge is 0.384 e. The molecule has 1 aliphatic heterocycles. The molecule has 0 spiro atoms. The van der Waals surface area contributed by atoms with Crippen LogP contribution in [0.2, 0.25) is 0 Å². The van der Waals surface area contributed by atoms with Crippen molar-refractivity contribution in [3.8, 4) is 0 Å². The molecule has 0 aliphatic carbocycles. The Morgan fingerprint density at radius 1 is 1.36 bits per heavy atom. The number of likely N-dealkylation sites (tertiary alicyclic amines) is 1. The molecule has 4 heteroatoms. The summed E-state index contributed by atoms with van der Waals surface area (Å²) in [6.45, 7) is 5.85. The number of carbonyl (C=O) groups excluding carboxylic acids is 1. The molecule has 2 rings (SSSR count). The van der Waals surface area contributed by atoms with E-state index in [4.69, 9.17) is 4.74 Å². The van der Waals surface area contributed by atoms with E-state index < -0.39 is 0 Å². The van der Waals surface area contributed by atoms with Gasteiger partial charge in [0.1, 0.15) is 0 Å². The fraction of sp³-hybridized carbons (Fsp3) is 0.611. The van der Waals surface area contributed by atoms with Gasteiger partial charge in [0.15, 0.2) is 0 Å². The van der Waals surface area contributed by atoms with Gasteiger partial charge < -0.3 is 9.64 Å². The molecule has 1 saturated heterocycles. The van der Waals surface area contributed by atoms with Crippen molar-refractivity contribution in [3.05, 3.63) is 35.9 Å². The average Bonchev–Trinajstić information content (AvgIpc) is 2.53. The Bertz CT molecular complexity index is 463. The average molecular weight is 304 g/mol. The van der Waals surface area contributed by atoms with Crippen molar-refractivity contribution >= 4 is 5.91 Å². The van der Waals surface area contributed by atoms with Gasteiger partial charge in [-0.2, -0.15) is 0 Å². The number of hydrogen-bond donors (Lipinski definition) is 0. The van der Waals surface area contributed by atoms with Crippen molar-refractivity contribution in [2.75, 3.05) is 33.9 Å². The van der Waals surface area contributed by atoms with Gasteiger partial charge in [-0.05, 0) is 17.9 Å². The van der Waals surface area contributed by atoms with Crippen molar-refractivity contribution in [1.82, 2.24) is 9.80 Å². The monoisotopic (exact) mass is 304 g/mol. The summed E-state index contributed by atoms with van der Waals surface area (Å²) in [6, 6.07) is 10.9. The van der Waals surface area contributed by atoms with Crippen molar-refractivity contribution in [2.45, 2.75) is 32.4 Å². The molecule has 1 amide bonds. The lowest BCUT2D eigenvalue weighted by Gasteiger charge is -2.41. The Hall–Kier alpha value is -1.39. The number of ether oxygens (including phenoxy) is 1. The zero-order chi connectivity index (χ0) is 15.9. The maximum atomic E-state index is 12.2. The summed E-state index contributed by atoms with van der Waals surface area (Å²) in [7, 11) is 3.57. The molecule has 22 heavy (non-hydrogen) atoms. The molecule has 4 nitrogen and oxygen atoms in total. The zero-order valence-corrected chi connectivity index (χ0v) is 14.0. The van der Waals surface area contributed by atoms with Crippen molar-refractivity contribution in [1.29, 1.82) is 0 Å². The predicted molar refractivity (Wildman–Crippen MR) is 88.6 cm³/mol. The van der Waals surface area contributed by atoms with Gasteiger partial charge in [0.2, 0.25) is 5.91 Å². The SMILES string of the molecule is COCCC(=O)N(C)[C@H]1CCN(Cc2ccccc2)C[C@H]1C. The second-order valence-corrected chi connectivity index (χ2v) is 6.30. The van der Waals surface area contributed by atoms with Crippen LogP contribution in [-0.2, 0) is 16.1 Å². The normalized spacial score (nSPS) is 22.5. The molecule has 1 aliphatic rings. The predicted octanol–water partition coefficient (Wildman–Crippen LogP) is 2.39. The van der Waals surface area contributed by atoms with Crippen LogP contribution < -0.4 is 0 Å². The number of nitrogens with zero attached hydrogens (tertiary/aromatic N) is 2. The third kappa shape index (κ3) is 4.55. The van der Waals surface area contributed by atoms with Crippen molar-refractivity contribution in [3.63, 3.8) is 0 Å². The van der Waals surface area contributed by atoms with Gasteiger partial charge in [0.05, 0.1) is 13.0 Å². The fourth-order valence-corrected chi connectivity index (χ4v) is 3.33. The van der Waals surface area contributed by atoms with Crippen LogP contribution in [0.5, 0.6) is 0 Å². The third-order valence-electron chi connectivity index (χ3n) is 4.60. The molecule has 0 saturated carbocycles. The lowest BCUT2D eigenvalue weighted by Crippen LogP contribution is -2.50. The number of carbonyl (C=O) groups is 1. The zero-order valence-electron chi connectivity index (χ0n) is 14.0. The molecule has 1 aromatic rings. The smallest absolute Gasteiger partial charge is 0.224 e. The number of rotatable bonds is 6. The molecule has 0 unspecified atom stereocenters. The molecule has 1 aromatic carbocycles. The van der Waals surface area contributed by atoms with Crippen LogP contribution >= 0.6 is 0 Å². The number of methoxy groups -OCH3 is 1. The minimum absolute atomic E-state index is 0.190. The van der Waals surface area contributed by atoms with E-state index in [1.54, 1.807) is 7.11 Å². The van der Waals surface area contributed by atoms with E-state index in [2.05, 4.69) is 42.2 Å². The quantitative estimate of drug-likeness (QED) is 0.809. The van der Waals surface area contributed by atoms with E-state index in [-0.39, 0.29) is 5.91 Å². The highest BCUT2D eigenvalue weighted by atomic mass is 16.5. The lowest BCUT2D eigenvalue weighted by molar-refractivity contribution is -0.135. The molecule has 0 bridgehead atoms. The van der Waals surface area contributed by atoms with E-state index >= 15 is 0 Å². The van der Waals surface area contributed by atoms with Crippen LogP contribution in [0.4, 0.5) is 0 Å². The van der Waals surface area contributed by atoms with E-state index in [1.807, 2.05) is 11.9 Å². The van der Waals surface area contributed by atoms with E-state index in [0.717, 1.165) is 26.1 Å². The molecule has 0 aromatic heterocycles. The van der Waals surface area contributed by atoms with Crippen molar-refractivity contribution in [2.24, 2.45) is 5.92 Å². The number of amides is 1. The van der Waals surface area contributed by atoms with Gasteiger partial charge in [0.25, 0.3) is 0 Å². The van der Waals surface area contributed by atoms with E-state index in [1.165, 1.54) is 5.56 Å². The summed E-state index contributed by atoms with van der Waals surface area (Å²) in [4.78, 5) is 16.6. The summed E-state index contributed by atoms with van der Waals surface area (Å²) in [5.74, 6) is 0.684. The summed E-state index contributed by atoms with van der Waals surface area (Å²) < 4.78 is 5.00. The van der Waals surface area contributed by atoms with Gasteiger partial charge >= 0.3 is 0 Å². The minimum atomic E-state index is 0.190. The van der Waals surface area contributed by atoms with Gasteiger partial charge in [0, 0.05) is 39.8 Å². The topological polar surface area (TPSA) is 32.8 Å². The molecular weight excluding hydrogens is 276 g/mol. The lowest BCUT2D eigenvalue weighted by atomic mass is 9.92. The van der Waals surface area contributed by atoms with Crippen LogP contribution in [0.15, 0.2) is 30.3 Å². The summed E-state index contributed by atoms with van der Waals surface area (Å²) >= 11 is 0. The maximum absolute atomic E-state index is 12.2. The Kier molecular flexibility index (Phi) is 6.40. The summed E-state index contributed by atoms with van der Waals surface area (Å²) in [5.41, 5.74) is 1.36. The van der Waals surface area contributed by atoms with Crippen LogP contribution in [0.3, 0.4) is 0 Å². The first kappa shape index (κ1) is 17.0. The Morgan fingerprint density at radius 3 is 2.73 bits per heavy atom.